The van der Waals surface area contributed by atoms with Crippen LogP contribution in [0.5, 0.6) is 0 Å². The lowest BCUT2D eigenvalue weighted by Crippen LogP contribution is -2.10. The second-order valence-corrected chi connectivity index (χ2v) is 6.08. The number of rotatable bonds is 5. The molecule has 4 rings (SSSR count). The van der Waals surface area contributed by atoms with E-state index in [2.05, 4.69) is 15.7 Å². The maximum Gasteiger partial charge on any atom is 0.362 e. The van der Waals surface area contributed by atoms with Crippen molar-refractivity contribution >= 4 is 34.0 Å². The number of carbonyl (C=O) groups is 2. The average Bonchev–Trinajstić information content (AvgIpc) is 3.31. The first-order valence-electron chi connectivity index (χ1n) is 8.75. The normalized spacial score (nSPS) is 10.9. The van der Waals surface area contributed by atoms with Crippen LogP contribution in [0, 0.1) is 0 Å². The van der Waals surface area contributed by atoms with E-state index in [4.69, 9.17) is 9.25 Å². The highest BCUT2D eigenvalue weighted by Crippen LogP contribution is 2.19. The predicted octanol–water partition coefficient (Wildman–Crippen LogP) is 5.54. The van der Waals surface area contributed by atoms with E-state index in [1.165, 1.54) is 12.3 Å². The van der Waals surface area contributed by atoms with Gasteiger partial charge in [0.05, 0.1) is 23.2 Å². The number of anilines is 1. The number of azo groups is 1. The molecular weight excluding hydrogens is 370 g/mol. The third kappa shape index (κ3) is 4.36. The summed E-state index contributed by atoms with van der Waals surface area (Å²) >= 11 is 0. The number of fused-ring (bicyclic) bond motifs is 1. The summed E-state index contributed by atoms with van der Waals surface area (Å²) in [5, 5.41) is 9.45. The van der Waals surface area contributed by atoms with E-state index in [0.29, 0.717) is 16.9 Å². The van der Waals surface area contributed by atoms with Gasteiger partial charge in [-0.05, 0) is 59.3 Å². The summed E-state index contributed by atoms with van der Waals surface area (Å²) in [6, 6.07) is 22.8. The summed E-state index contributed by atoms with van der Waals surface area (Å²) in [6.45, 7) is 0. The molecule has 0 atom stereocenters. The Labute approximate surface area is 165 Å². The van der Waals surface area contributed by atoms with Crippen molar-refractivity contribution in [1.82, 2.24) is 0 Å². The molecule has 0 fully saturated rings. The summed E-state index contributed by atoms with van der Waals surface area (Å²) in [4.78, 5) is 29.1. The zero-order valence-electron chi connectivity index (χ0n) is 15.1. The monoisotopic (exact) mass is 385 g/mol. The summed E-state index contributed by atoms with van der Waals surface area (Å²) in [7, 11) is 0. The predicted molar refractivity (Wildman–Crippen MR) is 107 cm³/mol. The van der Waals surface area contributed by atoms with Crippen LogP contribution in [0.15, 0.2) is 99.8 Å². The van der Waals surface area contributed by atoms with Crippen LogP contribution >= 0.6 is 0 Å². The molecule has 7 heteroatoms. The Balaban J connectivity index is 1.36. The highest BCUT2D eigenvalue weighted by Gasteiger charge is 2.09. The van der Waals surface area contributed by atoms with Crippen molar-refractivity contribution in [3.05, 3.63) is 96.4 Å². The van der Waals surface area contributed by atoms with Crippen LogP contribution in [0.3, 0.4) is 0 Å². The van der Waals surface area contributed by atoms with Gasteiger partial charge in [0.2, 0.25) is 0 Å². The Bertz CT molecular complexity index is 1180. The molecule has 29 heavy (non-hydrogen) atoms. The largest absolute Gasteiger partial charge is 0.459 e. The number of amides is 1. The van der Waals surface area contributed by atoms with Gasteiger partial charge in [0.25, 0.3) is 0 Å². The first-order valence-corrected chi connectivity index (χ1v) is 8.75. The second kappa shape index (κ2) is 8.18. The van der Waals surface area contributed by atoms with Crippen molar-refractivity contribution < 1.29 is 18.8 Å². The quantitative estimate of drug-likeness (QED) is 0.359. The number of carbonyl (C=O) groups excluding carboxylic acids is 2. The number of nitrogens with zero attached hydrogens (tertiary/aromatic N) is 2. The van der Waals surface area contributed by atoms with Crippen molar-refractivity contribution in [3.8, 4) is 0 Å². The minimum atomic E-state index is -0.568. The van der Waals surface area contributed by atoms with Crippen molar-refractivity contribution in [2.75, 3.05) is 5.48 Å². The molecule has 0 aliphatic rings. The molecule has 0 aliphatic carbocycles. The fraction of sp³-hybridized carbons (Fsp3) is 0. The number of furan rings is 1. The minimum absolute atomic E-state index is 0.118. The summed E-state index contributed by atoms with van der Waals surface area (Å²) < 4.78 is 4.96. The van der Waals surface area contributed by atoms with Gasteiger partial charge in [-0.1, -0.05) is 30.3 Å². The van der Waals surface area contributed by atoms with Gasteiger partial charge >= 0.3 is 11.9 Å². The topological polar surface area (TPSA) is 93.3 Å². The Morgan fingerprint density at radius 1 is 0.862 bits per heavy atom. The van der Waals surface area contributed by atoms with Crippen LogP contribution in [0.1, 0.15) is 20.9 Å². The summed E-state index contributed by atoms with van der Waals surface area (Å²) in [5.74, 6) is -0.947. The van der Waals surface area contributed by atoms with Gasteiger partial charge in [-0.3, -0.25) is 4.79 Å². The van der Waals surface area contributed by atoms with Crippen molar-refractivity contribution in [2.45, 2.75) is 0 Å². The third-order valence-electron chi connectivity index (χ3n) is 4.10. The number of nitrogens with one attached hydrogen (secondary N) is 1. The molecule has 0 bridgehead atoms. The molecule has 0 spiro atoms. The smallest absolute Gasteiger partial charge is 0.362 e. The van der Waals surface area contributed by atoms with Gasteiger partial charge < -0.3 is 9.25 Å². The SMILES string of the molecule is O=C(ONc1ccc(N=NC(=O)c2ccco2)cc1)c1ccc2ccccc2c1. The Morgan fingerprint density at radius 3 is 2.41 bits per heavy atom. The molecule has 1 heterocycles. The number of hydrogen-bond donors (Lipinski definition) is 1. The van der Waals surface area contributed by atoms with E-state index in [1.807, 2.05) is 30.3 Å². The van der Waals surface area contributed by atoms with Gasteiger partial charge in [0, 0.05) is 0 Å². The molecule has 3 aromatic carbocycles. The maximum atomic E-state index is 12.3. The molecule has 1 aromatic heterocycles. The van der Waals surface area contributed by atoms with Crippen molar-refractivity contribution in [2.24, 2.45) is 10.2 Å². The molecule has 4 aromatic rings. The van der Waals surface area contributed by atoms with Gasteiger partial charge in [-0.25, -0.2) is 10.3 Å². The van der Waals surface area contributed by atoms with Crippen LogP contribution in [0.2, 0.25) is 0 Å². The van der Waals surface area contributed by atoms with E-state index in [9.17, 15) is 9.59 Å². The van der Waals surface area contributed by atoms with E-state index in [-0.39, 0.29) is 5.76 Å². The van der Waals surface area contributed by atoms with Crippen LogP contribution in [0.25, 0.3) is 10.8 Å². The fourth-order valence-electron chi connectivity index (χ4n) is 2.63. The number of benzene rings is 3. The molecule has 142 valence electrons. The highest BCUT2D eigenvalue weighted by atomic mass is 16.7. The van der Waals surface area contributed by atoms with Crippen molar-refractivity contribution in [1.29, 1.82) is 0 Å². The lowest BCUT2D eigenvalue weighted by molar-refractivity contribution is 0.0596. The number of hydrogen-bond acceptors (Lipinski definition) is 6. The van der Waals surface area contributed by atoms with Crippen LogP contribution in [-0.4, -0.2) is 11.9 Å². The molecule has 0 saturated carbocycles. The van der Waals surface area contributed by atoms with Crippen LogP contribution in [0.4, 0.5) is 11.4 Å². The standard InChI is InChI=1S/C22H15N3O4/c26-21(20-6-3-13-28-20)24-23-18-9-11-19(12-10-18)25-29-22(27)17-8-7-15-4-1-2-5-16(15)14-17/h1-14,25H. The van der Waals surface area contributed by atoms with Crippen molar-refractivity contribution in [3.63, 3.8) is 0 Å². The average molecular weight is 385 g/mol. The lowest BCUT2D eigenvalue weighted by atomic mass is 10.1. The lowest BCUT2D eigenvalue weighted by Gasteiger charge is -2.07. The van der Waals surface area contributed by atoms with Crippen LogP contribution < -0.4 is 5.48 Å². The Hall–Kier alpha value is -4.26. The molecule has 7 nitrogen and oxygen atoms in total. The summed E-state index contributed by atoms with van der Waals surface area (Å²) in [5.41, 5.74) is 4.06. The third-order valence-corrected chi connectivity index (χ3v) is 4.10. The Kier molecular flexibility index (Phi) is 5.11. The zero-order valence-corrected chi connectivity index (χ0v) is 15.1. The molecule has 0 saturated heterocycles. The molecule has 0 unspecified atom stereocenters. The van der Waals surface area contributed by atoms with Gasteiger partial charge in [0.1, 0.15) is 0 Å². The summed E-state index contributed by atoms with van der Waals surface area (Å²) in [6.07, 6.45) is 1.39. The first kappa shape index (κ1) is 18.1. The highest BCUT2D eigenvalue weighted by molar-refractivity contribution is 5.95. The van der Waals surface area contributed by atoms with Gasteiger partial charge in [-0.2, -0.15) is 0 Å². The molecule has 0 aliphatic heterocycles. The van der Waals surface area contributed by atoms with Crippen LogP contribution in [-0.2, 0) is 4.84 Å². The van der Waals surface area contributed by atoms with E-state index >= 15 is 0 Å². The second-order valence-electron chi connectivity index (χ2n) is 6.08. The molecule has 1 N–H and O–H groups in total. The van der Waals surface area contributed by atoms with E-state index in [1.54, 1.807) is 42.5 Å². The molecule has 0 radical (unpaired) electrons. The zero-order chi connectivity index (χ0) is 20.1. The van der Waals surface area contributed by atoms with E-state index < -0.39 is 11.9 Å². The minimum Gasteiger partial charge on any atom is -0.459 e. The van der Waals surface area contributed by atoms with Gasteiger partial charge in [0.15, 0.2) is 5.76 Å². The maximum absolute atomic E-state index is 12.3. The van der Waals surface area contributed by atoms with Gasteiger partial charge in [-0.15, -0.1) is 10.2 Å². The molecule has 1 amide bonds. The fourth-order valence-corrected chi connectivity index (χ4v) is 2.63. The molecular formula is C22H15N3O4. The first-order chi connectivity index (χ1) is 14.2. The Morgan fingerprint density at radius 2 is 1.66 bits per heavy atom. The van der Waals surface area contributed by atoms with E-state index in [0.717, 1.165) is 10.8 Å².